The number of ether oxygens (including phenoxy) is 1. The first-order valence-corrected chi connectivity index (χ1v) is 12.2. The molecule has 1 aliphatic rings. The van der Waals surface area contributed by atoms with E-state index in [1.54, 1.807) is 12.1 Å². The molecule has 168 valence electrons. The first kappa shape index (κ1) is 24.4. The van der Waals surface area contributed by atoms with Gasteiger partial charge in [0.05, 0.1) is 11.0 Å². The van der Waals surface area contributed by atoms with Crippen molar-refractivity contribution in [3.8, 4) is 0 Å². The maximum atomic E-state index is 11.4. The smallest absolute Gasteiger partial charge is 0.282 e. The van der Waals surface area contributed by atoms with Crippen LogP contribution in [0.1, 0.15) is 109 Å². The number of aliphatic imine (C=N–C) groups is 1. The summed E-state index contributed by atoms with van der Waals surface area (Å²) < 4.78 is 6.22. The maximum Gasteiger partial charge on any atom is 0.282 e. The summed E-state index contributed by atoms with van der Waals surface area (Å²) in [6.45, 7) is 4.47. The number of rotatable bonds is 16. The van der Waals surface area contributed by atoms with Crippen LogP contribution in [0, 0.1) is 10.1 Å². The number of hydrogen-bond donors (Lipinski definition) is 0. The number of benzene rings is 1. The first-order valence-electron chi connectivity index (χ1n) is 12.2. The van der Waals surface area contributed by atoms with E-state index in [0.29, 0.717) is 11.5 Å². The van der Waals surface area contributed by atoms with Crippen molar-refractivity contribution in [2.45, 2.75) is 116 Å². The fraction of sp³-hybridized carbons (Fsp3) is 0.720. The summed E-state index contributed by atoms with van der Waals surface area (Å²) in [4.78, 5) is 15.9. The van der Waals surface area contributed by atoms with Gasteiger partial charge in [-0.2, -0.15) is 0 Å². The zero-order chi connectivity index (χ0) is 21.6. The molecule has 0 aromatic heterocycles. The molecule has 0 fully saturated rings. The molecule has 0 amide bonds. The lowest BCUT2D eigenvalue weighted by Gasteiger charge is -2.17. The van der Waals surface area contributed by atoms with E-state index in [2.05, 4.69) is 13.8 Å². The Bertz CT molecular complexity index is 660. The largest absolute Gasteiger partial charge is 0.472 e. The van der Waals surface area contributed by atoms with Crippen LogP contribution in [0.2, 0.25) is 0 Å². The maximum absolute atomic E-state index is 11.4. The van der Waals surface area contributed by atoms with Crippen molar-refractivity contribution in [1.82, 2.24) is 0 Å². The molecule has 1 aromatic rings. The van der Waals surface area contributed by atoms with E-state index in [0.717, 1.165) is 25.7 Å². The summed E-state index contributed by atoms with van der Waals surface area (Å²) >= 11 is 0. The summed E-state index contributed by atoms with van der Waals surface area (Å²) in [5, 5.41) is 11.4. The number of nitro groups is 1. The van der Waals surface area contributed by atoms with Crippen molar-refractivity contribution >= 4 is 11.6 Å². The number of hydrogen-bond acceptors (Lipinski definition) is 4. The highest BCUT2D eigenvalue weighted by molar-refractivity contribution is 5.99. The molecule has 1 aromatic carbocycles. The van der Waals surface area contributed by atoms with Crippen molar-refractivity contribution in [3.63, 3.8) is 0 Å². The van der Waals surface area contributed by atoms with Gasteiger partial charge in [-0.1, -0.05) is 96.6 Å². The second-order valence-electron chi connectivity index (χ2n) is 8.55. The van der Waals surface area contributed by atoms with Crippen molar-refractivity contribution < 1.29 is 9.66 Å². The predicted molar refractivity (Wildman–Crippen MR) is 124 cm³/mol. The average Bonchev–Trinajstić information content (AvgIpc) is 3.16. The van der Waals surface area contributed by atoms with Gasteiger partial charge in [0.1, 0.15) is 11.7 Å². The third-order valence-corrected chi connectivity index (χ3v) is 6.00. The zero-order valence-corrected chi connectivity index (χ0v) is 19.0. The van der Waals surface area contributed by atoms with Crippen LogP contribution in [0.5, 0.6) is 0 Å². The van der Waals surface area contributed by atoms with Gasteiger partial charge in [0.25, 0.3) is 5.69 Å². The highest BCUT2D eigenvalue weighted by Gasteiger charge is 2.33. The van der Waals surface area contributed by atoms with Crippen molar-refractivity contribution in [1.29, 1.82) is 0 Å². The second-order valence-corrected chi connectivity index (χ2v) is 8.55. The molecular weight excluding hydrogens is 376 g/mol. The monoisotopic (exact) mass is 416 g/mol. The topological polar surface area (TPSA) is 64.7 Å². The van der Waals surface area contributed by atoms with E-state index in [1.165, 1.54) is 70.3 Å². The summed E-state index contributed by atoms with van der Waals surface area (Å²) in [6.07, 6.45) is 17.1. The van der Waals surface area contributed by atoms with Crippen LogP contribution in [-0.4, -0.2) is 23.0 Å². The molecule has 0 saturated carbocycles. The predicted octanol–water partition coefficient (Wildman–Crippen LogP) is 7.61. The van der Waals surface area contributed by atoms with Gasteiger partial charge in [0, 0.05) is 6.07 Å². The quantitative estimate of drug-likeness (QED) is 0.158. The second kappa shape index (κ2) is 14.2. The fourth-order valence-electron chi connectivity index (χ4n) is 4.19. The van der Waals surface area contributed by atoms with E-state index in [1.807, 2.05) is 6.07 Å². The lowest BCUT2D eigenvalue weighted by atomic mass is 9.98. The summed E-state index contributed by atoms with van der Waals surface area (Å²) in [7, 11) is 0. The van der Waals surface area contributed by atoms with Gasteiger partial charge in [-0.15, -0.1) is 0 Å². The fourth-order valence-corrected chi connectivity index (χ4v) is 4.19. The van der Waals surface area contributed by atoms with E-state index in [9.17, 15) is 10.1 Å². The number of para-hydroxylation sites is 1. The Balaban J connectivity index is 1.95. The highest BCUT2D eigenvalue weighted by atomic mass is 16.6. The summed E-state index contributed by atoms with van der Waals surface area (Å²) in [5.74, 6) is 0.467. The highest BCUT2D eigenvalue weighted by Crippen LogP contribution is 2.29. The van der Waals surface area contributed by atoms with Crippen molar-refractivity contribution in [3.05, 3.63) is 39.9 Å². The van der Waals surface area contributed by atoms with E-state index in [-0.39, 0.29) is 22.8 Å². The van der Waals surface area contributed by atoms with Crippen LogP contribution < -0.4 is 0 Å². The van der Waals surface area contributed by atoms with Crippen molar-refractivity contribution in [2.75, 3.05) is 0 Å². The molecule has 0 radical (unpaired) electrons. The van der Waals surface area contributed by atoms with Crippen LogP contribution in [0.3, 0.4) is 0 Å². The van der Waals surface area contributed by atoms with Crippen LogP contribution in [0.4, 0.5) is 5.69 Å². The van der Waals surface area contributed by atoms with Gasteiger partial charge in [-0.05, 0) is 25.3 Å². The Morgan fingerprint density at radius 2 is 1.43 bits per heavy atom. The minimum Gasteiger partial charge on any atom is -0.472 e. The number of nitro benzene ring substituents is 1. The Morgan fingerprint density at radius 1 is 0.867 bits per heavy atom. The zero-order valence-electron chi connectivity index (χ0n) is 19.0. The minimum atomic E-state index is -0.342. The normalized spacial score (nSPS) is 18.3. The van der Waals surface area contributed by atoms with Crippen LogP contribution in [0.15, 0.2) is 29.3 Å². The van der Waals surface area contributed by atoms with Crippen molar-refractivity contribution in [2.24, 2.45) is 4.99 Å². The Morgan fingerprint density at radius 3 is 2.07 bits per heavy atom. The molecular formula is C25H40N2O3. The molecule has 0 spiro atoms. The minimum absolute atomic E-state index is 0.0571. The SMILES string of the molecule is CCCCCCCCC1N=C(c2ccccc2[N+](=O)[O-])OC1CCCCCCCC. The van der Waals surface area contributed by atoms with Crippen LogP contribution >= 0.6 is 0 Å². The van der Waals surface area contributed by atoms with Gasteiger partial charge < -0.3 is 4.74 Å². The molecule has 0 saturated heterocycles. The average molecular weight is 417 g/mol. The Kier molecular flexibility index (Phi) is 11.5. The number of unbranched alkanes of at least 4 members (excludes halogenated alkanes) is 10. The van der Waals surface area contributed by atoms with Crippen LogP contribution in [-0.2, 0) is 4.74 Å². The third-order valence-electron chi connectivity index (χ3n) is 6.00. The molecule has 30 heavy (non-hydrogen) atoms. The van der Waals surface area contributed by atoms with Crippen LogP contribution in [0.25, 0.3) is 0 Å². The molecule has 2 unspecified atom stereocenters. The molecule has 0 bridgehead atoms. The van der Waals surface area contributed by atoms with E-state index >= 15 is 0 Å². The van der Waals surface area contributed by atoms with Gasteiger partial charge in [0.2, 0.25) is 5.90 Å². The standard InChI is InChI=1S/C25H40N2O3/c1-3-5-7-9-11-13-18-22-24(20-14-12-10-8-6-4-2)30-25(26-22)21-17-15-16-19-23(21)27(28)29/h15-17,19,22,24H,3-14,18,20H2,1-2H3. The molecule has 0 N–H and O–H groups in total. The molecule has 2 atom stereocenters. The lowest BCUT2D eigenvalue weighted by Crippen LogP contribution is -2.22. The summed E-state index contributed by atoms with van der Waals surface area (Å²) in [5.41, 5.74) is 0.593. The molecule has 5 heteroatoms. The molecule has 2 rings (SSSR count). The van der Waals surface area contributed by atoms with E-state index < -0.39 is 0 Å². The molecule has 5 nitrogen and oxygen atoms in total. The summed E-state index contributed by atoms with van der Waals surface area (Å²) in [6, 6.07) is 6.93. The van der Waals surface area contributed by atoms with Gasteiger partial charge >= 0.3 is 0 Å². The first-order chi connectivity index (χ1) is 14.7. The molecule has 1 heterocycles. The molecule has 0 aliphatic carbocycles. The van der Waals surface area contributed by atoms with E-state index in [4.69, 9.17) is 9.73 Å². The van der Waals surface area contributed by atoms with Gasteiger partial charge in [-0.25, -0.2) is 4.99 Å². The Labute approximate surface area is 182 Å². The molecule has 1 aliphatic heterocycles. The van der Waals surface area contributed by atoms with Gasteiger partial charge in [-0.3, -0.25) is 10.1 Å². The lowest BCUT2D eigenvalue weighted by molar-refractivity contribution is -0.385. The van der Waals surface area contributed by atoms with Gasteiger partial charge in [0.15, 0.2) is 0 Å². The Hall–Kier alpha value is -1.91. The third kappa shape index (κ3) is 8.08. The number of nitrogens with zero attached hydrogens (tertiary/aromatic N) is 2.